The number of hydrogen-bond acceptors (Lipinski definition) is 6. The molecule has 0 saturated heterocycles. The molecule has 1 fully saturated rings. The molecule has 4 N–H and O–H groups in total. The second-order valence-corrected chi connectivity index (χ2v) is 6.80. The normalized spacial score (nSPS) is 22.8. The van der Waals surface area contributed by atoms with Gasteiger partial charge in [0.1, 0.15) is 5.66 Å². The predicted molar refractivity (Wildman–Crippen MR) is 95.0 cm³/mol. The van der Waals surface area contributed by atoms with E-state index < -0.39 is 0 Å². The largest absolute Gasteiger partial charge is 0.374 e. The fourth-order valence-corrected chi connectivity index (χ4v) is 4.19. The van der Waals surface area contributed by atoms with Gasteiger partial charge in [0.25, 0.3) is 0 Å². The van der Waals surface area contributed by atoms with Crippen molar-refractivity contribution < 1.29 is 0 Å². The van der Waals surface area contributed by atoms with Gasteiger partial charge in [0.2, 0.25) is 11.9 Å². The number of nitrogens with two attached hydrogens (primary N) is 2. The molecule has 1 aliphatic carbocycles. The van der Waals surface area contributed by atoms with Gasteiger partial charge < -0.3 is 16.4 Å². The molecule has 0 bridgehead atoms. The van der Waals surface area contributed by atoms with E-state index in [1.807, 2.05) is 0 Å². The Morgan fingerprint density at radius 2 is 1.91 bits per heavy atom. The average molecular weight is 312 g/mol. The number of nitrogens with zero attached hydrogens (tertiary/aromatic N) is 4. The molecule has 1 saturated carbocycles. The van der Waals surface area contributed by atoms with Gasteiger partial charge in [0, 0.05) is 25.0 Å². The molecule has 2 aliphatic heterocycles. The lowest BCUT2D eigenvalue weighted by Gasteiger charge is -2.45. The predicted octanol–water partition coefficient (Wildman–Crippen LogP) is 1.79. The summed E-state index contributed by atoms with van der Waals surface area (Å²) >= 11 is 0. The first kappa shape index (κ1) is 14.4. The molecule has 23 heavy (non-hydrogen) atoms. The SMILES string of the molecule is CN1CCc2cc(N3C(N)=NC(N)=NC34CCCCC4)ccc21. The summed E-state index contributed by atoms with van der Waals surface area (Å²) in [6.07, 6.45) is 6.56. The van der Waals surface area contributed by atoms with Gasteiger partial charge in [0.05, 0.1) is 0 Å². The lowest BCUT2D eigenvalue weighted by molar-refractivity contribution is 0.305. The van der Waals surface area contributed by atoms with Crippen LogP contribution < -0.4 is 21.3 Å². The van der Waals surface area contributed by atoms with Crippen LogP contribution in [-0.2, 0) is 6.42 Å². The monoisotopic (exact) mass is 312 g/mol. The maximum atomic E-state index is 6.28. The number of guanidine groups is 2. The summed E-state index contributed by atoms with van der Waals surface area (Å²) in [5.41, 5.74) is 15.6. The fourth-order valence-electron chi connectivity index (χ4n) is 4.19. The molecule has 6 nitrogen and oxygen atoms in total. The van der Waals surface area contributed by atoms with Crippen molar-refractivity contribution in [3.8, 4) is 0 Å². The summed E-state index contributed by atoms with van der Waals surface area (Å²) in [6, 6.07) is 6.56. The quantitative estimate of drug-likeness (QED) is 0.828. The summed E-state index contributed by atoms with van der Waals surface area (Å²) in [6.45, 7) is 1.07. The van der Waals surface area contributed by atoms with Gasteiger partial charge in [-0.1, -0.05) is 6.42 Å². The average Bonchev–Trinajstić information content (AvgIpc) is 2.88. The highest BCUT2D eigenvalue weighted by Gasteiger charge is 2.42. The first-order chi connectivity index (χ1) is 11.1. The zero-order valence-corrected chi connectivity index (χ0v) is 13.6. The number of aliphatic imine (C=N–C) groups is 2. The molecule has 122 valence electrons. The van der Waals surface area contributed by atoms with Crippen molar-refractivity contribution in [3.63, 3.8) is 0 Å². The van der Waals surface area contributed by atoms with Gasteiger partial charge in [-0.25, -0.2) is 4.99 Å². The van der Waals surface area contributed by atoms with E-state index in [9.17, 15) is 0 Å². The van der Waals surface area contributed by atoms with Gasteiger partial charge in [-0.2, -0.15) is 4.99 Å². The molecular formula is C17H24N6. The number of rotatable bonds is 1. The lowest BCUT2D eigenvalue weighted by atomic mass is 9.87. The number of hydrogen-bond donors (Lipinski definition) is 2. The molecular weight excluding hydrogens is 288 g/mol. The second kappa shape index (κ2) is 5.15. The molecule has 0 atom stereocenters. The number of anilines is 2. The maximum absolute atomic E-state index is 6.28. The summed E-state index contributed by atoms with van der Waals surface area (Å²) < 4.78 is 0. The zero-order chi connectivity index (χ0) is 16.0. The van der Waals surface area contributed by atoms with Crippen LogP contribution in [0.2, 0.25) is 0 Å². The van der Waals surface area contributed by atoms with Crippen molar-refractivity contribution in [1.82, 2.24) is 0 Å². The van der Waals surface area contributed by atoms with Gasteiger partial charge >= 0.3 is 0 Å². The van der Waals surface area contributed by atoms with E-state index >= 15 is 0 Å². The molecule has 0 aromatic heterocycles. The Bertz CT molecular complexity index is 686. The van der Waals surface area contributed by atoms with Crippen molar-refractivity contribution >= 4 is 23.3 Å². The van der Waals surface area contributed by atoms with E-state index in [-0.39, 0.29) is 5.66 Å². The minimum atomic E-state index is -0.354. The second-order valence-electron chi connectivity index (χ2n) is 6.80. The Morgan fingerprint density at radius 1 is 1.13 bits per heavy atom. The number of likely N-dealkylation sites (N-methyl/N-ethyl adjacent to an activating group) is 1. The van der Waals surface area contributed by atoms with Crippen LogP contribution in [0.3, 0.4) is 0 Å². The van der Waals surface area contributed by atoms with E-state index in [0.29, 0.717) is 11.9 Å². The molecule has 0 unspecified atom stereocenters. The molecule has 1 aromatic carbocycles. The zero-order valence-electron chi connectivity index (χ0n) is 13.6. The molecule has 6 heteroatoms. The number of fused-ring (bicyclic) bond motifs is 1. The van der Waals surface area contributed by atoms with E-state index in [1.54, 1.807) is 0 Å². The van der Waals surface area contributed by atoms with Crippen LogP contribution in [-0.4, -0.2) is 31.2 Å². The number of benzene rings is 1. The van der Waals surface area contributed by atoms with Gasteiger partial charge in [0.15, 0.2) is 0 Å². The standard InChI is InChI=1S/C17H24N6/c1-22-10-7-12-11-13(5-6-14(12)22)23-16(19)20-15(18)21-17(23)8-3-2-4-9-17/h5-6,11H,2-4,7-10H2,1H3,(H4,18,19,20,21). The third-order valence-electron chi connectivity index (χ3n) is 5.30. The first-order valence-electron chi connectivity index (χ1n) is 8.43. The Labute approximate surface area is 136 Å². The lowest BCUT2D eigenvalue weighted by Crippen LogP contribution is -2.58. The van der Waals surface area contributed by atoms with Crippen LogP contribution in [0.5, 0.6) is 0 Å². The van der Waals surface area contributed by atoms with Crippen molar-refractivity contribution in [2.45, 2.75) is 44.2 Å². The molecule has 1 spiro atoms. The highest BCUT2D eigenvalue weighted by molar-refractivity contribution is 6.05. The molecule has 0 radical (unpaired) electrons. The van der Waals surface area contributed by atoms with Crippen LogP contribution >= 0.6 is 0 Å². The highest BCUT2D eigenvalue weighted by Crippen LogP contribution is 2.41. The van der Waals surface area contributed by atoms with E-state index in [2.05, 4.69) is 40.0 Å². The van der Waals surface area contributed by atoms with E-state index in [4.69, 9.17) is 16.5 Å². The molecule has 4 rings (SSSR count). The van der Waals surface area contributed by atoms with Crippen LogP contribution in [0.15, 0.2) is 28.2 Å². The van der Waals surface area contributed by atoms with Crippen LogP contribution in [0.4, 0.5) is 11.4 Å². The maximum Gasteiger partial charge on any atom is 0.220 e. The summed E-state index contributed by atoms with van der Waals surface area (Å²) in [5.74, 6) is 0.771. The van der Waals surface area contributed by atoms with Gasteiger partial charge in [-0.15, -0.1) is 0 Å². The van der Waals surface area contributed by atoms with E-state index in [1.165, 1.54) is 17.7 Å². The van der Waals surface area contributed by atoms with E-state index in [0.717, 1.165) is 44.3 Å². The van der Waals surface area contributed by atoms with Gasteiger partial charge in [-0.05, 0) is 55.9 Å². The summed E-state index contributed by atoms with van der Waals surface area (Å²) in [5, 5.41) is 0. The minimum absolute atomic E-state index is 0.307. The first-order valence-corrected chi connectivity index (χ1v) is 8.43. The van der Waals surface area contributed by atoms with Crippen molar-refractivity contribution in [2.24, 2.45) is 21.5 Å². The smallest absolute Gasteiger partial charge is 0.220 e. The molecule has 1 aromatic rings. The third kappa shape index (κ3) is 2.24. The minimum Gasteiger partial charge on any atom is -0.374 e. The summed E-state index contributed by atoms with van der Waals surface area (Å²) in [4.78, 5) is 13.4. The fraction of sp³-hybridized carbons (Fsp3) is 0.529. The third-order valence-corrected chi connectivity index (χ3v) is 5.30. The van der Waals surface area contributed by atoms with Crippen LogP contribution in [0.25, 0.3) is 0 Å². The van der Waals surface area contributed by atoms with Crippen molar-refractivity contribution in [2.75, 3.05) is 23.4 Å². The topological polar surface area (TPSA) is 83.2 Å². The van der Waals surface area contributed by atoms with Gasteiger partial charge in [-0.3, -0.25) is 4.90 Å². The Morgan fingerprint density at radius 3 is 2.70 bits per heavy atom. The Balaban J connectivity index is 1.78. The molecule has 3 aliphatic rings. The molecule has 2 heterocycles. The van der Waals surface area contributed by atoms with Crippen molar-refractivity contribution in [3.05, 3.63) is 23.8 Å². The van der Waals surface area contributed by atoms with Crippen molar-refractivity contribution in [1.29, 1.82) is 0 Å². The van der Waals surface area contributed by atoms with Crippen LogP contribution in [0, 0.1) is 0 Å². The Kier molecular flexibility index (Phi) is 3.21. The molecule has 0 amide bonds. The summed E-state index contributed by atoms with van der Waals surface area (Å²) in [7, 11) is 2.13. The highest BCUT2D eigenvalue weighted by atomic mass is 15.4. The Hall–Kier alpha value is -2.24. The van der Waals surface area contributed by atoms with Crippen LogP contribution in [0.1, 0.15) is 37.7 Å².